The number of benzene rings is 1. The molecule has 1 aromatic heterocycles. The third-order valence-electron chi connectivity index (χ3n) is 2.91. The van der Waals surface area contributed by atoms with Crippen LogP contribution in [0.3, 0.4) is 0 Å². The maximum atomic E-state index is 11.1. The fourth-order valence-corrected chi connectivity index (χ4v) is 1.88. The maximum Gasteiger partial charge on any atom is 0.337 e. The molecule has 8 heteroatoms. The molecule has 2 N–H and O–H groups in total. The zero-order valence-electron chi connectivity index (χ0n) is 11.1. The molecular weight excluding hydrogens is 276 g/mol. The molecule has 0 radical (unpaired) electrons. The Kier molecular flexibility index (Phi) is 4.50. The number of non-ortho nitro benzene ring substituents is 1. The number of aromatic nitrogens is 2. The second kappa shape index (κ2) is 6.51. The number of imidazole rings is 1. The van der Waals surface area contributed by atoms with Crippen LogP contribution in [0, 0.1) is 10.1 Å². The number of aryl methyl sites for hydroxylation is 1. The third kappa shape index (κ3) is 3.78. The number of hydrogen-bond acceptors (Lipinski definition) is 5. The first-order chi connectivity index (χ1) is 10.1. The van der Waals surface area contributed by atoms with Gasteiger partial charge in [0, 0.05) is 37.6 Å². The van der Waals surface area contributed by atoms with Crippen molar-refractivity contribution in [3.63, 3.8) is 0 Å². The van der Waals surface area contributed by atoms with E-state index in [2.05, 4.69) is 10.3 Å². The summed E-state index contributed by atoms with van der Waals surface area (Å²) in [6, 6.07) is 3.65. The van der Waals surface area contributed by atoms with Gasteiger partial charge in [-0.1, -0.05) is 0 Å². The lowest BCUT2D eigenvalue weighted by Crippen LogP contribution is -2.10. The largest absolute Gasteiger partial charge is 0.478 e. The number of carboxylic acid groups (broad SMARTS) is 1. The molecule has 2 rings (SSSR count). The normalized spacial score (nSPS) is 10.3. The van der Waals surface area contributed by atoms with E-state index in [4.69, 9.17) is 5.11 Å². The maximum absolute atomic E-state index is 11.1. The Morgan fingerprint density at radius 3 is 2.90 bits per heavy atom. The van der Waals surface area contributed by atoms with Crippen molar-refractivity contribution >= 4 is 17.3 Å². The number of nitro groups is 1. The van der Waals surface area contributed by atoms with Gasteiger partial charge in [0.2, 0.25) is 0 Å². The van der Waals surface area contributed by atoms with Crippen LogP contribution >= 0.6 is 0 Å². The van der Waals surface area contributed by atoms with Crippen molar-refractivity contribution in [2.75, 3.05) is 11.9 Å². The van der Waals surface area contributed by atoms with Gasteiger partial charge in [-0.15, -0.1) is 0 Å². The minimum Gasteiger partial charge on any atom is -0.478 e. The van der Waals surface area contributed by atoms with Crippen LogP contribution in [0.1, 0.15) is 16.8 Å². The predicted octanol–water partition coefficient (Wildman–Crippen LogP) is 1.99. The van der Waals surface area contributed by atoms with Crippen LogP contribution in [-0.4, -0.2) is 32.1 Å². The molecule has 0 aliphatic heterocycles. The summed E-state index contributed by atoms with van der Waals surface area (Å²) in [6.07, 6.45) is 5.93. The highest BCUT2D eigenvalue weighted by Gasteiger charge is 2.14. The van der Waals surface area contributed by atoms with Crippen molar-refractivity contribution in [1.29, 1.82) is 0 Å². The number of carboxylic acids is 1. The summed E-state index contributed by atoms with van der Waals surface area (Å²) >= 11 is 0. The molecule has 1 aromatic carbocycles. The topological polar surface area (TPSA) is 110 Å². The second-order valence-electron chi connectivity index (χ2n) is 4.37. The van der Waals surface area contributed by atoms with Crippen molar-refractivity contribution in [3.05, 3.63) is 52.6 Å². The number of anilines is 1. The fourth-order valence-electron chi connectivity index (χ4n) is 1.88. The molecule has 0 fully saturated rings. The van der Waals surface area contributed by atoms with Gasteiger partial charge in [-0.05, 0) is 12.5 Å². The Labute approximate surface area is 120 Å². The summed E-state index contributed by atoms with van der Waals surface area (Å²) in [7, 11) is 0. The van der Waals surface area contributed by atoms with Crippen molar-refractivity contribution in [2.24, 2.45) is 0 Å². The molecule has 0 amide bonds. The van der Waals surface area contributed by atoms with Gasteiger partial charge < -0.3 is 15.0 Å². The standard InChI is InChI=1S/C13H14N4O4/c18-13(19)11-3-2-10(17(20)21)8-12(11)15-4-1-6-16-7-5-14-9-16/h2-3,5,7-9,15H,1,4,6H2,(H,18,19). The van der Waals surface area contributed by atoms with Gasteiger partial charge in [0.15, 0.2) is 0 Å². The van der Waals surface area contributed by atoms with E-state index in [0.29, 0.717) is 6.54 Å². The molecule has 0 aliphatic carbocycles. The van der Waals surface area contributed by atoms with Crippen molar-refractivity contribution in [1.82, 2.24) is 9.55 Å². The summed E-state index contributed by atoms with van der Waals surface area (Å²) in [5.74, 6) is -1.12. The van der Waals surface area contributed by atoms with Gasteiger partial charge in [0.25, 0.3) is 5.69 Å². The molecule has 2 aromatic rings. The number of hydrogen-bond donors (Lipinski definition) is 2. The van der Waals surface area contributed by atoms with Gasteiger partial charge in [-0.2, -0.15) is 0 Å². The highest BCUT2D eigenvalue weighted by atomic mass is 16.6. The van der Waals surface area contributed by atoms with Crippen molar-refractivity contribution < 1.29 is 14.8 Å². The number of aromatic carboxylic acids is 1. The van der Waals surface area contributed by atoms with Gasteiger partial charge in [-0.3, -0.25) is 10.1 Å². The molecule has 0 unspecified atom stereocenters. The highest BCUT2D eigenvalue weighted by Crippen LogP contribution is 2.22. The van der Waals surface area contributed by atoms with Crippen LogP contribution in [0.5, 0.6) is 0 Å². The Hall–Kier alpha value is -2.90. The molecule has 0 aliphatic rings. The molecule has 0 bridgehead atoms. The molecule has 110 valence electrons. The number of rotatable bonds is 7. The number of carbonyl (C=O) groups is 1. The molecule has 8 nitrogen and oxygen atoms in total. The Morgan fingerprint density at radius 1 is 1.48 bits per heavy atom. The van der Waals surface area contributed by atoms with Crippen LogP contribution in [0.25, 0.3) is 0 Å². The lowest BCUT2D eigenvalue weighted by Gasteiger charge is -2.09. The zero-order chi connectivity index (χ0) is 15.2. The summed E-state index contributed by atoms with van der Waals surface area (Å²) in [5, 5.41) is 22.8. The predicted molar refractivity (Wildman–Crippen MR) is 75.4 cm³/mol. The number of nitrogens with zero attached hydrogens (tertiary/aromatic N) is 3. The minimum atomic E-state index is -1.12. The number of nitrogens with one attached hydrogen (secondary N) is 1. The molecule has 0 saturated carbocycles. The van der Waals surface area contributed by atoms with Gasteiger partial charge in [-0.25, -0.2) is 9.78 Å². The van der Waals surface area contributed by atoms with E-state index < -0.39 is 10.9 Å². The van der Waals surface area contributed by atoms with Gasteiger partial charge in [0.1, 0.15) is 0 Å². The van der Waals surface area contributed by atoms with Gasteiger partial charge in [0.05, 0.1) is 22.5 Å². The zero-order valence-corrected chi connectivity index (χ0v) is 11.1. The fraction of sp³-hybridized carbons (Fsp3) is 0.231. The summed E-state index contributed by atoms with van der Waals surface area (Å²) in [6.45, 7) is 1.23. The Bertz CT molecular complexity index is 640. The monoisotopic (exact) mass is 290 g/mol. The van der Waals surface area contributed by atoms with Crippen LogP contribution in [-0.2, 0) is 6.54 Å². The molecule has 0 saturated heterocycles. The lowest BCUT2D eigenvalue weighted by atomic mass is 10.1. The average molecular weight is 290 g/mol. The van der Waals surface area contributed by atoms with E-state index in [1.54, 1.807) is 12.5 Å². The SMILES string of the molecule is O=C(O)c1ccc([N+](=O)[O-])cc1NCCCn1ccnc1. The van der Waals surface area contributed by atoms with Gasteiger partial charge >= 0.3 is 5.97 Å². The summed E-state index contributed by atoms with van der Waals surface area (Å²) < 4.78 is 1.90. The van der Waals surface area contributed by atoms with Crippen LogP contribution in [0.15, 0.2) is 36.9 Å². The first-order valence-electron chi connectivity index (χ1n) is 6.29. The van der Waals surface area contributed by atoms with E-state index in [1.807, 2.05) is 10.8 Å². The van der Waals surface area contributed by atoms with Crippen LogP contribution in [0.2, 0.25) is 0 Å². The van der Waals surface area contributed by atoms with E-state index in [0.717, 1.165) is 13.0 Å². The van der Waals surface area contributed by atoms with E-state index >= 15 is 0 Å². The van der Waals surface area contributed by atoms with Crippen LogP contribution in [0.4, 0.5) is 11.4 Å². The summed E-state index contributed by atoms with van der Waals surface area (Å²) in [4.78, 5) is 25.2. The third-order valence-corrected chi connectivity index (χ3v) is 2.91. The molecular formula is C13H14N4O4. The lowest BCUT2D eigenvalue weighted by molar-refractivity contribution is -0.384. The van der Waals surface area contributed by atoms with Crippen LogP contribution < -0.4 is 5.32 Å². The second-order valence-corrected chi connectivity index (χ2v) is 4.37. The average Bonchev–Trinajstić information content (AvgIpc) is 2.96. The highest BCUT2D eigenvalue weighted by molar-refractivity contribution is 5.94. The molecule has 21 heavy (non-hydrogen) atoms. The first kappa shape index (κ1) is 14.5. The van der Waals surface area contributed by atoms with E-state index in [1.165, 1.54) is 18.2 Å². The Balaban J connectivity index is 2.01. The van der Waals surface area contributed by atoms with Crippen molar-refractivity contribution in [2.45, 2.75) is 13.0 Å². The Morgan fingerprint density at radius 2 is 2.29 bits per heavy atom. The summed E-state index contributed by atoms with van der Waals surface area (Å²) in [5.41, 5.74) is 0.127. The van der Waals surface area contributed by atoms with E-state index in [-0.39, 0.29) is 16.9 Å². The number of nitro benzene ring substituents is 1. The first-order valence-corrected chi connectivity index (χ1v) is 6.29. The molecule has 1 heterocycles. The molecule has 0 atom stereocenters. The molecule has 0 spiro atoms. The van der Waals surface area contributed by atoms with Crippen molar-refractivity contribution in [3.8, 4) is 0 Å². The quantitative estimate of drug-likeness (QED) is 0.458. The minimum absolute atomic E-state index is 0.0169. The van der Waals surface area contributed by atoms with E-state index in [9.17, 15) is 14.9 Å². The smallest absolute Gasteiger partial charge is 0.337 e.